The lowest BCUT2D eigenvalue weighted by Crippen LogP contribution is -2.40. The molecular weight excluding hydrogens is 368 g/mol. The number of aldehydes is 1. The second kappa shape index (κ2) is 9.32. The van der Waals surface area contributed by atoms with E-state index in [4.69, 9.17) is 9.47 Å². The van der Waals surface area contributed by atoms with E-state index in [1.807, 2.05) is 60.7 Å². The zero-order chi connectivity index (χ0) is 20.7. The van der Waals surface area contributed by atoms with Crippen molar-refractivity contribution in [1.82, 2.24) is 0 Å². The Morgan fingerprint density at radius 1 is 0.862 bits per heavy atom. The summed E-state index contributed by atoms with van der Waals surface area (Å²) in [6.45, 7) is 3.86. The summed E-state index contributed by atoms with van der Waals surface area (Å²) in [5, 5.41) is 0. The number of carbonyl (C=O) groups is 3. The lowest BCUT2D eigenvalue weighted by molar-refractivity contribution is -0.174. The maximum atomic E-state index is 13.0. The van der Waals surface area contributed by atoms with Gasteiger partial charge in [-0.3, -0.25) is 9.59 Å². The maximum Gasteiger partial charge on any atom is 0.323 e. The first-order valence-electron chi connectivity index (χ1n) is 9.59. The Morgan fingerprint density at radius 2 is 1.31 bits per heavy atom. The molecule has 1 aliphatic rings. The molecule has 1 fully saturated rings. The highest BCUT2D eigenvalue weighted by molar-refractivity contribution is 6.01. The Kier molecular flexibility index (Phi) is 6.60. The SMILES string of the molecule is C=C[C@@H]1CC(C(=O)OCc2ccccc2)(C(=O)OCc2ccccc2)C[C@H]1C=O. The highest BCUT2D eigenvalue weighted by atomic mass is 16.6. The van der Waals surface area contributed by atoms with Gasteiger partial charge in [-0.1, -0.05) is 66.7 Å². The minimum absolute atomic E-state index is 0.0535. The largest absolute Gasteiger partial charge is 0.460 e. The Hall–Kier alpha value is -3.21. The van der Waals surface area contributed by atoms with Crippen molar-refractivity contribution < 1.29 is 23.9 Å². The number of hydrogen-bond donors (Lipinski definition) is 0. The van der Waals surface area contributed by atoms with Crippen LogP contribution in [0.3, 0.4) is 0 Å². The summed E-state index contributed by atoms with van der Waals surface area (Å²) in [4.78, 5) is 37.6. The molecule has 150 valence electrons. The van der Waals surface area contributed by atoms with E-state index in [1.165, 1.54) is 0 Å². The fraction of sp³-hybridized carbons (Fsp3) is 0.292. The van der Waals surface area contributed by atoms with Gasteiger partial charge in [0.05, 0.1) is 0 Å². The van der Waals surface area contributed by atoms with Gasteiger partial charge in [0.15, 0.2) is 5.41 Å². The Labute approximate surface area is 170 Å². The molecule has 0 aliphatic heterocycles. The van der Waals surface area contributed by atoms with E-state index in [0.717, 1.165) is 17.4 Å². The van der Waals surface area contributed by atoms with Gasteiger partial charge < -0.3 is 14.3 Å². The van der Waals surface area contributed by atoms with Crippen LogP contribution in [0.1, 0.15) is 24.0 Å². The Bertz CT molecular complexity index is 786. The van der Waals surface area contributed by atoms with E-state index in [1.54, 1.807) is 6.08 Å². The summed E-state index contributed by atoms with van der Waals surface area (Å²) >= 11 is 0. The van der Waals surface area contributed by atoms with Crippen LogP contribution in [0.4, 0.5) is 0 Å². The van der Waals surface area contributed by atoms with Gasteiger partial charge in [0.1, 0.15) is 19.5 Å². The van der Waals surface area contributed by atoms with Gasteiger partial charge in [0, 0.05) is 5.92 Å². The molecule has 0 spiro atoms. The molecule has 5 nitrogen and oxygen atoms in total. The van der Waals surface area contributed by atoms with Crippen molar-refractivity contribution in [3.8, 4) is 0 Å². The summed E-state index contributed by atoms with van der Waals surface area (Å²) in [5.41, 5.74) is 0.131. The number of allylic oxidation sites excluding steroid dienone is 1. The summed E-state index contributed by atoms with van der Waals surface area (Å²) < 4.78 is 11.0. The average molecular weight is 392 g/mol. The van der Waals surface area contributed by atoms with E-state index >= 15 is 0 Å². The van der Waals surface area contributed by atoms with Gasteiger partial charge >= 0.3 is 11.9 Å². The summed E-state index contributed by atoms with van der Waals surface area (Å²) in [7, 11) is 0. The first-order chi connectivity index (χ1) is 14.1. The van der Waals surface area contributed by atoms with Crippen molar-refractivity contribution >= 4 is 18.2 Å². The number of benzene rings is 2. The van der Waals surface area contributed by atoms with Crippen LogP contribution in [0.15, 0.2) is 73.3 Å². The fourth-order valence-corrected chi connectivity index (χ4v) is 3.74. The van der Waals surface area contributed by atoms with Crippen LogP contribution in [-0.2, 0) is 37.1 Å². The third kappa shape index (κ3) is 4.62. The van der Waals surface area contributed by atoms with E-state index in [0.29, 0.717) is 0 Å². The topological polar surface area (TPSA) is 69.7 Å². The number of ether oxygens (including phenoxy) is 2. The van der Waals surface area contributed by atoms with Crippen molar-refractivity contribution in [2.75, 3.05) is 0 Å². The molecule has 1 aliphatic carbocycles. The summed E-state index contributed by atoms with van der Waals surface area (Å²) in [6, 6.07) is 18.5. The summed E-state index contributed by atoms with van der Waals surface area (Å²) in [5.74, 6) is -2.06. The molecule has 29 heavy (non-hydrogen) atoms. The molecule has 3 rings (SSSR count). The maximum absolute atomic E-state index is 13.0. The number of esters is 2. The fourth-order valence-electron chi connectivity index (χ4n) is 3.74. The van der Waals surface area contributed by atoms with E-state index in [-0.39, 0.29) is 32.0 Å². The number of hydrogen-bond acceptors (Lipinski definition) is 5. The highest BCUT2D eigenvalue weighted by Gasteiger charge is 2.57. The molecule has 1 saturated carbocycles. The van der Waals surface area contributed by atoms with Gasteiger partial charge in [-0.05, 0) is 29.9 Å². The predicted molar refractivity (Wildman–Crippen MR) is 107 cm³/mol. The molecule has 0 radical (unpaired) electrons. The quantitative estimate of drug-likeness (QED) is 0.295. The normalized spacial score (nSPS) is 19.9. The molecule has 2 aromatic rings. The van der Waals surface area contributed by atoms with Gasteiger partial charge in [-0.2, -0.15) is 0 Å². The molecule has 0 heterocycles. The molecule has 0 unspecified atom stereocenters. The third-order valence-electron chi connectivity index (χ3n) is 5.40. The zero-order valence-corrected chi connectivity index (χ0v) is 16.2. The second-order valence-electron chi connectivity index (χ2n) is 7.31. The molecule has 5 heteroatoms. The van der Waals surface area contributed by atoms with E-state index in [9.17, 15) is 14.4 Å². The van der Waals surface area contributed by atoms with Crippen LogP contribution in [-0.4, -0.2) is 18.2 Å². The third-order valence-corrected chi connectivity index (χ3v) is 5.40. The molecule has 0 bridgehead atoms. The Morgan fingerprint density at radius 3 is 1.69 bits per heavy atom. The van der Waals surface area contributed by atoms with Gasteiger partial charge in [-0.25, -0.2) is 0 Å². The molecule has 2 aromatic carbocycles. The van der Waals surface area contributed by atoms with Crippen molar-refractivity contribution in [1.29, 1.82) is 0 Å². The van der Waals surface area contributed by atoms with Crippen LogP contribution >= 0.6 is 0 Å². The van der Waals surface area contributed by atoms with Gasteiger partial charge in [-0.15, -0.1) is 6.58 Å². The minimum Gasteiger partial charge on any atom is -0.460 e. The molecular formula is C24H24O5. The van der Waals surface area contributed by atoms with Crippen molar-refractivity contribution in [3.05, 3.63) is 84.4 Å². The molecule has 2 atom stereocenters. The standard InChI is InChI=1S/C24H24O5/c1-2-20-13-24(14-21(20)15-25,22(26)28-16-18-9-5-3-6-10-18)23(27)29-17-19-11-7-4-8-12-19/h2-12,15,20-21H,1,13-14,16-17H2/t20-,21+/m1/s1. The number of carbonyl (C=O) groups excluding carboxylic acids is 3. The lowest BCUT2D eigenvalue weighted by atomic mass is 9.85. The van der Waals surface area contributed by atoms with Gasteiger partial charge in [0.2, 0.25) is 0 Å². The summed E-state index contributed by atoms with van der Waals surface area (Å²) in [6.07, 6.45) is 2.62. The monoisotopic (exact) mass is 392 g/mol. The van der Waals surface area contributed by atoms with E-state index < -0.39 is 23.3 Å². The molecule has 0 aromatic heterocycles. The predicted octanol–water partition coefficient (Wildman–Crippen LogP) is 3.87. The molecule has 0 amide bonds. The second-order valence-corrected chi connectivity index (χ2v) is 7.31. The Balaban J connectivity index is 1.77. The smallest absolute Gasteiger partial charge is 0.323 e. The van der Waals surface area contributed by atoms with Crippen LogP contribution in [0.2, 0.25) is 0 Å². The van der Waals surface area contributed by atoms with E-state index in [2.05, 4.69) is 6.58 Å². The minimum atomic E-state index is -1.51. The number of rotatable bonds is 8. The van der Waals surface area contributed by atoms with Crippen molar-refractivity contribution in [2.24, 2.45) is 17.3 Å². The molecule has 0 N–H and O–H groups in total. The van der Waals surface area contributed by atoms with Crippen LogP contribution in [0.25, 0.3) is 0 Å². The van der Waals surface area contributed by atoms with Gasteiger partial charge in [0.25, 0.3) is 0 Å². The average Bonchev–Trinajstić information content (AvgIpc) is 3.17. The zero-order valence-electron chi connectivity index (χ0n) is 16.2. The van der Waals surface area contributed by atoms with Crippen LogP contribution in [0.5, 0.6) is 0 Å². The molecule has 0 saturated heterocycles. The highest BCUT2D eigenvalue weighted by Crippen LogP contribution is 2.47. The van der Waals surface area contributed by atoms with Crippen molar-refractivity contribution in [3.63, 3.8) is 0 Å². The first kappa shape index (κ1) is 20.5. The lowest BCUT2D eigenvalue weighted by Gasteiger charge is -2.25. The van der Waals surface area contributed by atoms with Crippen molar-refractivity contribution in [2.45, 2.75) is 26.1 Å². The van der Waals surface area contributed by atoms with Crippen LogP contribution < -0.4 is 0 Å². The van der Waals surface area contributed by atoms with Crippen LogP contribution in [0, 0.1) is 17.3 Å². The first-order valence-corrected chi connectivity index (χ1v) is 9.59.